The summed E-state index contributed by atoms with van der Waals surface area (Å²) in [6.45, 7) is 1.15. The molecule has 0 unspecified atom stereocenters. The van der Waals surface area contributed by atoms with E-state index in [1.807, 2.05) is 0 Å². The van der Waals surface area contributed by atoms with E-state index in [0.29, 0.717) is 23.8 Å². The molecule has 82 valence electrons. The van der Waals surface area contributed by atoms with Crippen molar-refractivity contribution >= 4 is 23.3 Å². The number of carbonyl (C=O) groups is 1. The van der Waals surface area contributed by atoms with Gasteiger partial charge in [0.25, 0.3) is 0 Å². The Hall–Kier alpha value is -1.26. The summed E-state index contributed by atoms with van der Waals surface area (Å²) in [6.07, 6.45) is 0.772. The zero-order chi connectivity index (χ0) is 11.1. The molecule has 0 atom stereocenters. The Morgan fingerprint density at radius 3 is 2.60 bits per heavy atom. The minimum atomic E-state index is -0.231. The Kier molecular flexibility index (Phi) is 4.93. The quantitative estimate of drug-likeness (QED) is 0.687. The molecular weight excluding hydrogens is 214 g/mol. The van der Waals surface area contributed by atoms with Crippen LogP contribution in [0.2, 0.25) is 5.02 Å². The highest BCUT2D eigenvalue weighted by Gasteiger charge is 1.99. The number of carbonyl (C=O) groups excluding carboxylic acids is 1. The van der Waals surface area contributed by atoms with Gasteiger partial charge < -0.3 is 16.4 Å². The molecule has 0 aliphatic carbocycles. The number of benzene rings is 1. The Morgan fingerprint density at radius 2 is 2.00 bits per heavy atom. The van der Waals surface area contributed by atoms with Crippen LogP contribution in [0, 0.1) is 0 Å². The van der Waals surface area contributed by atoms with Gasteiger partial charge in [-0.3, -0.25) is 0 Å². The van der Waals surface area contributed by atoms with Gasteiger partial charge in [0.1, 0.15) is 0 Å². The molecule has 1 rings (SSSR count). The predicted octanol–water partition coefficient (Wildman–Crippen LogP) is 1.81. The fourth-order valence-corrected chi connectivity index (χ4v) is 1.14. The Balaban J connectivity index is 2.34. The molecule has 0 radical (unpaired) electrons. The van der Waals surface area contributed by atoms with E-state index in [2.05, 4.69) is 10.6 Å². The van der Waals surface area contributed by atoms with E-state index >= 15 is 0 Å². The van der Waals surface area contributed by atoms with Gasteiger partial charge in [-0.1, -0.05) is 11.6 Å². The second kappa shape index (κ2) is 6.27. The highest BCUT2D eigenvalue weighted by atomic mass is 35.5. The number of hydrogen-bond acceptors (Lipinski definition) is 2. The van der Waals surface area contributed by atoms with E-state index in [9.17, 15) is 4.79 Å². The second-order valence-corrected chi connectivity index (χ2v) is 3.47. The van der Waals surface area contributed by atoms with E-state index < -0.39 is 0 Å². The van der Waals surface area contributed by atoms with Crippen molar-refractivity contribution in [2.24, 2.45) is 5.73 Å². The first-order valence-electron chi connectivity index (χ1n) is 4.73. The fourth-order valence-electron chi connectivity index (χ4n) is 1.01. The predicted molar refractivity (Wildman–Crippen MR) is 62.1 cm³/mol. The molecule has 5 heteroatoms. The summed E-state index contributed by atoms with van der Waals surface area (Å²) in [5.41, 5.74) is 6.01. The number of hydrogen-bond donors (Lipinski definition) is 3. The van der Waals surface area contributed by atoms with E-state index in [1.165, 1.54) is 0 Å². The normalized spacial score (nSPS) is 9.73. The summed E-state index contributed by atoms with van der Waals surface area (Å²) in [6, 6.07) is 6.69. The van der Waals surface area contributed by atoms with E-state index in [0.717, 1.165) is 6.42 Å². The minimum Gasteiger partial charge on any atom is -0.338 e. The lowest BCUT2D eigenvalue weighted by Gasteiger charge is -2.06. The SMILES string of the molecule is NCCCNC(=O)Nc1ccc(Cl)cc1. The summed E-state index contributed by atoms with van der Waals surface area (Å²) >= 11 is 5.71. The average molecular weight is 228 g/mol. The van der Waals surface area contributed by atoms with Gasteiger partial charge in [0.2, 0.25) is 0 Å². The molecule has 0 fully saturated rings. The summed E-state index contributed by atoms with van der Waals surface area (Å²) < 4.78 is 0. The third-order valence-corrected chi connectivity index (χ3v) is 2.02. The van der Waals surface area contributed by atoms with Crippen molar-refractivity contribution in [3.8, 4) is 0 Å². The molecule has 0 bridgehead atoms. The van der Waals surface area contributed by atoms with Crippen LogP contribution in [0.15, 0.2) is 24.3 Å². The van der Waals surface area contributed by atoms with Crippen LogP contribution in [0.3, 0.4) is 0 Å². The number of urea groups is 1. The lowest BCUT2D eigenvalue weighted by Crippen LogP contribution is -2.30. The third kappa shape index (κ3) is 4.67. The van der Waals surface area contributed by atoms with Gasteiger partial charge in [0.05, 0.1) is 0 Å². The van der Waals surface area contributed by atoms with E-state index in [-0.39, 0.29) is 6.03 Å². The van der Waals surface area contributed by atoms with Gasteiger partial charge in [-0.2, -0.15) is 0 Å². The van der Waals surface area contributed by atoms with Crippen LogP contribution in [-0.4, -0.2) is 19.1 Å². The molecule has 0 heterocycles. The summed E-state index contributed by atoms with van der Waals surface area (Å²) in [7, 11) is 0. The van der Waals surface area contributed by atoms with Crippen molar-refractivity contribution in [2.75, 3.05) is 18.4 Å². The largest absolute Gasteiger partial charge is 0.338 e. The lowest BCUT2D eigenvalue weighted by molar-refractivity contribution is 0.252. The maximum Gasteiger partial charge on any atom is 0.319 e. The standard InChI is InChI=1S/C10H14ClN3O/c11-8-2-4-9(5-3-8)14-10(15)13-7-1-6-12/h2-5H,1,6-7,12H2,(H2,13,14,15). The topological polar surface area (TPSA) is 67.1 Å². The molecule has 4 N–H and O–H groups in total. The first-order chi connectivity index (χ1) is 7.22. The Bertz CT molecular complexity index is 313. The molecule has 1 aromatic carbocycles. The number of amides is 2. The number of halogens is 1. The highest BCUT2D eigenvalue weighted by molar-refractivity contribution is 6.30. The molecule has 0 aromatic heterocycles. The minimum absolute atomic E-state index is 0.231. The number of nitrogens with one attached hydrogen (secondary N) is 2. The molecule has 2 amide bonds. The number of nitrogens with two attached hydrogens (primary N) is 1. The van der Waals surface area contributed by atoms with Crippen LogP contribution >= 0.6 is 11.6 Å². The molecule has 1 aromatic rings. The van der Waals surface area contributed by atoms with Crippen molar-refractivity contribution in [3.05, 3.63) is 29.3 Å². The lowest BCUT2D eigenvalue weighted by atomic mass is 10.3. The molecule has 0 saturated heterocycles. The zero-order valence-corrected chi connectivity index (χ0v) is 9.05. The third-order valence-electron chi connectivity index (χ3n) is 1.77. The summed E-state index contributed by atoms with van der Waals surface area (Å²) in [5.74, 6) is 0. The maximum atomic E-state index is 11.3. The molecule has 15 heavy (non-hydrogen) atoms. The zero-order valence-electron chi connectivity index (χ0n) is 8.29. The van der Waals surface area contributed by atoms with Crippen molar-refractivity contribution < 1.29 is 4.79 Å². The first-order valence-corrected chi connectivity index (χ1v) is 5.10. The molecule has 0 saturated carbocycles. The molecular formula is C10H14ClN3O. The summed E-state index contributed by atoms with van der Waals surface area (Å²) in [5, 5.41) is 6.00. The van der Waals surface area contributed by atoms with Crippen molar-refractivity contribution in [3.63, 3.8) is 0 Å². The second-order valence-electron chi connectivity index (χ2n) is 3.03. The first kappa shape index (κ1) is 11.8. The summed E-state index contributed by atoms with van der Waals surface area (Å²) in [4.78, 5) is 11.3. The smallest absolute Gasteiger partial charge is 0.319 e. The maximum absolute atomic E-state index is 11.3. The van der Waals surface area contributed by atoms with Crippen LogP contribution in [0.5, 0.6) is 0 Å². The highest BCUT2D eigenvalue weighted by Crippen LogP contribution is 2.12. The molecule has 0 aliphatic rings. The Labute approximate surface area is 93.8 Å². The van der Waals surface area contributed by atoms with E-state index in [4.69, 9.17) is 17.3 Å². The van der Waals surface area contributed by atoms with Crippen molar-refractivity contribution in [1.29, 1.82) is 0 Å². The van der Waals surface area contributed by atoms with Gasteiger partial charge in [-0.15, -0.1) is 0 Å². The van der Waals surface area contributed by atoms with Crippen LogP contribution in [0.4, 0.5) is 10.5 Å². The average Bonchev–Trinajstić information content (AvgIpc) is 2.22. The van der Waals surface area contributed by atoms with Crippen molar-refractivity contribution in [2.45, 2.75) is 6.42 Å². The van der Waals surface area contributed by atoms with Crippen molar-refractivity contribution in [1.82, 2.24) is 5.32 Å². The van der Waals surface area contributed by atoms with Gasteiger partial charge in [-0.05, 0) is 37.2 Å². The Morgan fingerprint density at radius 1 is 1.33 bits per heavy atom. The number of anilines is 1. The van der Waals surface area contributed by atoms with Gasteiger partial charge in [0, 0.05) is 17.3 Å². The van der Waals surface area contributed by atoms with E-state index in [1.54, 1.807) is 24.3 Å². The van der Waals surface area contributed by atoms with Gasteiger partial charge in [0.15, 0.2) is 0 Å². The molecule has 0 aliphatic heterocycles. The van der Waals surface area contributed by atoms with Crippen LogP contribution in [0.25, 0.3) is 0 Å². The number of rotatable bonds is 4. The van der Waals surface area contributed by atoms with Crippen LogP contribution in [-0.2, 0) is 0 Å². The fraction of sp³-hybridized carbons (Fsp3) is 0.300. The molecule has 4 nitrogen and oxygen atoms in total. The van der Waals surface area contributed by atoms with Crippen LogP contribution in [0.1, 0.15) is 6.42 Å². The van der Waals surface area contributed by atoms with Gasteiger partial charge in [-0.25, -0.2) is 4.79 Å². The molecule has 0 spiro atoms. The van der Waals surface area contributed by atoms with Gasteiger partial charge >= 0.3 is 6.03 Å². The monoisotopic (exact) mass is 227 g/mol. The van der Waals surface area contributed by atoms with Crippen LogP contribution < -0.4 is 16.4 Å².